The zero-order valence-corrected chi connectivity index (χ0v) is 23.9. The van der Waals surface area contributed by atoms with Gasteiger partial charge in [-0.05, 0) is 112 Å². The number of benzene rings is 3. The topological polar surface area (TPSA) is 45.6 Å². The molecule has 1 aromatic heterocycles. The summed E-state index contributed by atoms with van der Waals surface area (Å²) in [5.41, 5.74) is 6.24. The summed E-state index contributed by atoms with van der Waals surface area (Å²) in [7, 11) is 1.72. The van der Waals surface area contributed by atoms with Gasteiger partial charge in [0.2, 0.25) is 0 Å². The largest absolute Gasteiger partial charge is 0.497 e. The van der Waals surface area contributed by atoms with E-state index < -0.39 is 0 Å². The summed E-state index contributed by atoms with van der Waals surface area (Å²) in [5.74, 6) is 1.57. The maximum absolute atomic E-state index is 5.40. The minimum Gasteiger partial charge on any atom is -0.497 e. The molecule has 0 aliphatic carbocycles. The van der Waals surface area contributed by atoms with Gasteiger partial charge < -0.3 is 15.0 Å². The summed E-state index contributed by atoms with van der Waals surface area (Å²) < 4.78 is 7.62. The highest BCUT2D eigenvalue weighted by molar-refractivity contribution is 5.95. The van der Waals surface area contributed by atoms with Gasteiger partial charge in [-0.25, -0.2) is 0 Å². The molecule has 210 valence electrons. The predicted octanol–water partition coefficient (Wildman–Crippen LogP) is 6.52. The zero-order valence-electron chi connectivity index (χ0n) is 23.9. The molecule has 6 heteroatoms. The summed E-state index contributed by atoms with van der Waals surface area (Å²) in [5, 5.41) is 9.94. The Balaban J connectivity index is 1.15. The predicted molar refractivity (Wildman–Crippen MR) is 165 cm³/mol. The molecule has 0 amide bonds. The molecule has 2 aliphatic rings. The first-order chi connectivity index (χ1) is 19.7. The lowest BCUT2D eigenvalue weighted by atomic mass is 9.96. The molecule has 0 bridgehead atoms. The first-order valence-corrected chi connectivity index (χ1v) is 15.1. The minimum atomic E-state index is 0.683. The number of aromatic nitrogens is 2. The van der Waals surface area contributed by atoms with E-state index in [9.17, 15) is 0 Å². The fourth-order valence-electron chi connectivity index (χ4n) is 6.35. The molecule has 2 aliphatic heterocycles. The van der Waals surface area contributed by atoms with Crippen molar-refractivity contribution in [3.8, 4) is 16.9 Å². The third-order valence-corrected chi connectivity index (χ3v) is 8.77. The summed E-state index contributed by atoms with van der Waals surface area (Å²) in [6.45, 7) is 9.00. The fraction of sp³-hybridized carbons (Fsp3) is 0.441. The summed E-state index contributed by atoms with van der Waals surface area (Å²) >= 11 is 0. The maximum Gasteiger partial charge on any atom is 0.118 e. The third kappa shape index (κ3) is 6.51. The van der Waals surface area contributed by atoms with Crippen LogP contribution in [0.4, 0.5) is 5.69 Å². The van der Waals surface area contributed by atoms with Crippen LogP contribution in [0.15, 0.2) is 72.9 Å². The van der Waals surface area contributed by atoms with Gasteiger partial charge >= 0.3 is 0 Å². The average molecular weight is 538 g/mol. The monoisotopic (exact) mass is 537 g/mol. The Morgan fingerprint density at radius 1 is 0.850 bits per heavy atom. The highest BCUT2D eigenvalue weighted by atomic mass is 16.5. The van der Waals surface area contributed by atoms with Crippen LogP contribution in [-0.2, 0) is 13.1 Å². The molecular weight excluding hydrogens is 494 g/mol. The zero-order chi connectivity index (χ0) is 27.1. The second-order valence-electron chi connectivity index (χ2n) is 11.5. The van der Waals surface area contributed by atoms with Crippen LogP contribution in [0.2, 0.25) is 0 Å². The Morgan fingerprint density at radius 2 is 1.62 bits per heavy atom. The maximum atomic E-state index is 5.40. The van der Waals surface area contributed by atoms with Gasteiger partial charge in [0.05, 0.1) is 18.8 Å². The second kappa shape index (κ2) is 12.9. The standard InChI is InChI=1S/C34H43N5O/c1-40-31-12-10-29(11-13-31)30-22-33(32-25-36-39(34(32)23-30)19-7-18-37-16-5-6-17-37)35-24-27-14-20-38(21-15-27)26-28-8-3-2-4-9-28/h2-4,8-13,22-23,25,27,35H,5-7,14-21,24,26H2,1H3. The molecule has 0 unspecified atom stereocenters. The van der Waals surface area contributed by atoms with Gasteiger partial charge in [0.15, 0.2) is 0 Å². The smallest absolute Gasteiger partial charge is 0.118 e. The molecule has 3 aromatic carbocycles. The van der Waals surface area contributed by atoms with E-state index in [1.165, 1.54) is 72.1 Å². The fourth-order valence-corrected chi connectivity index (χ4v) is 6.35. The molecule has 2 saturated heterocycles. The van der Waals surface area contributed by atoms with E-state index in [1.54, 1.807) is 7.11 Å². The Kier molecular flexibility index (Phi) is 8.65. The van der Waals surface area contributed by atoms with Crippen LogP contribution >= 0.6 is 0 Å². The van der Waals surface area contributed by atoms with Gasteiger partial charge in [-0.2, -0.15) is 5.10 Å². The SMILES string of the molecule is COc1ccc(-c2cc(NCC3CCN(Cc4ccccc4)CC3)c3cnn(CCCN4CCCC4)c3c2)cc1. The number of rotatable bonds is 11. The minimum absolute atomic E-state index is 0.683. The van der Waals surface area contributed by atoms with Crippen LogP contribution in [-0.4, -0.2) is 66.0 Å². The molecule has 4 aromatic rings. The molecule has 3 heterocycles. The number of hydrogen-bond acceptors (Lipinski definition) is 5. The van der Waals surface area contributed by atoms with Crippen LogP contribution in [0.25, 0.3) is 22.0 Å². The van der Waals surface area contributed by atoms with Crippen molar-refractivity contribution in [3.63, 3.8) is 0 Å². The van der Waals surface area contributed by atoms with Crippen LogP contribution < -0.4 is 10.1 Å². The van der Waals surface area contributed by atoms with E-state index in [4.69, 9.17) is 9.84 Å². The van der Waals surface area contributed by atoms with Crippen molar-refractivity contribution in [2.45, 2.75) is 45.2 Å². The number of nitrogens with one attached hydrogen (secondary N) is 1. The van der Waals surface area contributed by atoms with E-state index in [-0.39, 0.29) is 0 Å². The number of fused-ring (bicyclic) bond motifs is 1. The summed E-state index contributed by atoms with van der Waals surface area (Å²) in [4.78, 5) is 5.19. The van der Waals surface area contributed by atoms with Gasteiger partial charge in [-0.15, -0.1) is 0 Å². The third-order valence-electron chi connectivity index (χ3n) is 8.77. The molecule has 0 saturated carbocycles. The van der Waals surface area contributed by atoms with Crippen molar-refractivity contribution in [2.75, 3.05) is 51.7 Å². The molecule has 0 atom stereocenters. The van der Waals surface area contributed by atoms with Gasteiger partial charge in [-0.3, -0.25) is 9.58 Å². The van der Waals surface area contributed by atoms with Gasteiger partial charge in [0.25, 0.3) is 0 Å². The lowest BCUT2D eigenvalue weighted by Crippen LogP contribution is -2.35. The number of nitrogens with zero attached hydrogens (tertiary/aromatic N) is 4. The summed E-state index contributed by atoms with van der Waals surface area (Å²) in [6.07, 6.45) is 8.35. The second-order valence-corrected chi connectivity index (χ2v) is 11.5. The van der Waals surface area contributed by atoms with Crippen molar-refractivity contribution < 1.29 is 4.74 Å². The van der Waals surface area contributed by atoms with Gasteiger partial charge in [-0.1, -0.05) is 42.5 Å². The lowest BCUT2D eigenvalue weighted by Gasteiger charge is -2.32. The van der Waals surface area contributed by atoms with Crippen LogP contribution in [0.1, 0.15) is 37.7 Å². The first kappa shape index (κ1) is 26.9. The Morgan fingerprint density at radius 3 is 2.38 bits per heavy atom. The number of likely N-dealkylation sites (tertiary alicyclic amines) is 2. The molecule has 0 radical (unpaired) electrons. The molecule has 1 N–H and O–H groups in total. The summed E-state index contributed by atoms with van der Waals surface area (Å²) in [6, 6.07) is 23.9. The normalized spacial score (nSPS) is 17.0. The van der Waals surface area contributed by atoms with Crippen molar-refractivity contribution in [1.29, 1.82) is 0 Å². The molecule has 6 rings (SSSR count). The number of piperidine rings is 1. The number of methoxy groups -OCH3 is 1. The average Bonchev–Trinajstić information content (AvgIpc) is 3.68. The van der Waals surface area contributed by atoms with E-state index in [0.717, 1.165) is 51.4 Å². The van der Waals surface area contributed by atoms with E-state index in [1.807, 2.05) is 12.1 Å². The lowest BCUT2D eigenvalue weighted by molar-refractivity contribution is 0.182. The number of aryl methyl sites for hydroxylation is 1. The molecule has 0 spiro atoms. The van der Waals surface area contributed by atoms with Gasteiger partial charge in [0.1, 0.15) is 5.75 Å². The molecular formula is C34H43N5O. The van der Waals surface area contributed by atoms with Crippen molar-refractivity contribution in [1.82, 2.24) is 19.6 Å². The van der Waals surface area contributed by atoms with E-state index in [2.05, 4.69) is 80.6 Å². The van der Waals surface area contributed by atoms with E-state index >= 15 is 0 Å². The van der Waals surface area contributed by atoms with Crippen LogP contribution in [0.3, 0.4) is 0 Å². The Labute approximate surface area is 238 Å². The van der Waals surface area contributed by atoms with Crippen molar-refractivity contribution in [2.24, 2.45) is 5.92 Å². The molecule has 40 heavy (non-hydrogen) atoms. The number of anilines is 1. The number of ether oxygens (including phenoxy) is 1. The number of hydrogen-bond donors (Lipinski definition) is 1. The molecule has 2 fully saturated rings. The van der Waals surface area contributed by atoms with E-state index in [0.29, 0.717) is 5.92 Å². The van der Waals surface area contributed by atoms with Gasteiger partial charge in [0, 0.05) is 30.7 Å². The molecule has 6 nitrogen and oxygen atoms in total. The van der Waals surface area contributed by atoms with Crippen LogP contribution in [0, 0.1) is 5.92 Å². The quantitative estimate of drug-likeness (QED) is 0.236. The highest BCUT2D eigenvalue weighted by Gasteiger charge is 2.20. The van der Waals surface area contributed by atoms with Crippen molar-refractivity contribution in [3.05, 3.63) is 78.5 Å². The first-order valence-electron chi connectivity index (χ1n) is 15.1. The van der Waals surface area contributed by atoms with Crippen LogP contribution in [0.5, 0.6) is 5.75 Å². The Hall–Kier alpha value is -3.35. The highest BCUT2D eigenvalue weighted by Crippen LogP contribution is 2.33. The van der Waals surface area contributed by atoms with Crippen molar-refractivity contribution >= 4 is 16.6 Å². The Bertz CT molecular complexity index is 1350.